The number of rotatable bonds is 6. The Balaban J connectivity index is 1.79. The summed E-state index contributed by atoms with van der Waals surface area (Å²) in [6.07, 6.45) is 3.33. The number of imidazole rings is 1. The number of carbonyl (C=O) groups excluding carboxylic acids is 1. The normalized spacial score (nSPS) is 11.9. The second kappa shape index (κ2) is 8.75. The van der Waals surface area contributed by atoms with Gasteiger partial charge in [-0.3, -0.25) is 4.79 Å². The topological polar surface area (TPSA) is 56.1 Å². The van der Waals surface area contributed by atoms with Crippen molar-refractivity contribution in [3.05, 3.63) is 81.1 Å². The Hall–Kier alpha value is -2.38. The summed E-state index contributed by atoms with van der Waals surface area (Å²) in [7, 11) is 1.78. The molecule has 3 aromatic rings. The lowest BCUT2D eigenvalue weighted by atomic mass is 10.1. The van der Waals surface area contributed by atoms with E-state index >= 15 is 0 Å². The molecule has 1 N–H and O–H groups in total. The quantitative estimate of drug-likeness (QED) is 0.579. The van der Waals surface area contributed by atoms with Gasteiger partial charge in [-0.1, -0.05) is 45.7 Å². The standard InChI is InChI=1S/C20H18BrClFN3O2/c1-12-9-13(21)10-15(22)19(12)28-11-17(27)25-18(20-24-7-8-26(20)2)14-5-3-4-6-16(14)23/h3-10,18H,11H2,1-2H3,(H,25,27). The summed E-state index contributed by atoms with van der Waals surface area (Å²) in [5.74, 6) is 0.0916. The fraction of sp³-hybridized carbons (Fsp3) is 0.200. The van der Waals surface area contributed by atoms with Crippen LogP contribution in [0.2, 0.25) is 5.02 Å². The van der Waals surface area contributed by atoms with E-state index in [1.807, 2.05) is 13.0 Å². The Morgan fingerprint density at radius 3 is 2.79 bits per heavy atom. The molecule has 146 valence electrons. The van der Waals surface area contributed by atoms with Crippen LogP contribution in [0.25, 0.3) is 0 Å². The van der Waals surface area contributed by atoms with Gasteiger partial charge in [0.05, 0.1) is 5.02 Å². The lowest BCUT2D eigenvalue weighted by Gasteiger charge is -2.20. The molecular formula is C20H18BrClFN3O2. The van der Waals surface area contributed by atoms with Gasteiger partial charge in [0.15, 0.2) is 6.61 Å². The molecule has 1 amide bonds. The minimum atomic E-state index is -0.751. The molecule has 0 fully saturated rings. The van der Waals surface area contributed by atoms with Gasteiger partial charge < -0.3 is 14.6 Å². The average Bonchev–Trinajstić information content (AvgIpc) is 3.05. The van der Waals surface area contributed by atoms with Crippen LogP contribution in [0, 0.1) is 12.7 Å². The zero-order valence-electron chi connectivity index (χ0n) is 15.2. The molecule has 5 nitrogen and oxygen atoms in total. The van der Waals surface area contributed by atoms with Crippen LogP contribution in [0.3, 0.4) is 0 Å². The van der Waals surface area contributed by atoms with Gasteiger partial charge >= 0.3 is 0 Å². The zero-order valence-corrected chi connectivity index (χ0v) is 17.6. The minimum absolute atomic E-state index is 0.266. The van der Waals surface area contributed by atoms with Gasteiger partial charge in [-0.15, -0.1) is 0 Å². The Morgan fingerprint density at radius 1 is 1.39 bits per heavy atom. The van der Waals surface area contributed by atoms with Crippen LogP contribution in [0.5, 0.6) is 5.75 Å². The van der Waals surface area contributed by atoms with Crippen molar-refractivity contribution in [3.8, 4) is 5.75 Å². The molecule has 0 radical (unpaired) electrons. The predicted octanol–water partition coefficient (Wildman–Crippen LogP) is 4.57. The largest absolute Gasteiger partial charge is 0.482 e. The summed E-state index contributed by atoms with van der Waals surface area (Å²) in [4.78, 5) is 16.8. The van der Waals surface area contributed by atoms with Crippen molar-refractivity contribution in [2.45, 2.75) is 13.0 Å². The smallest absolute Gasteiger partial charge is 0.258 e. The molecule has 0 saturated heterocycles. The number of aromatic nitrogens is 2. The second-order valence-corrected chi connectivity index (χ2v) is 7.56. The summed E-state index contributed by atoms with van der Waals surface area (Å²) in [5, 5.41) is 3.20. The summed E-state index contributed by atoms with van der Waals surface area (Å²) >= 11 is 9.55. The van der Waals surface area contributed by atoms with Gasteiger partial charge in [-0.2, -0.15) is 0 Å². The van der Waals surface area contributed by atoms with Crippen molar-refractivity contribution in [3.63, 3.8) is 0 Å². The number of benzene rings is 2. The van der Waals surface area contributed by atoms with Crippen molar-refractivity contribution in [2.24, 2.45) is 7.05 Å². The van der Waals surface area contributed by atoms with Crippen molar-refractivity contribution >= 4 is 33.4 Å². The van der Waals surface area contributed by atoms with E-state index in [0.29, 0.717) is 22.2 Å². The molecule has 1 aromatic heterocycles. The number of nitrogens with zero attached hydrogens (tertiary/aromatic N) is 2. The summed E-state index contributed by atoms with van der Waals surface area (Å²) < 4.78 is 22.5. The average molecular weight is 467 g/mol. The van der Waals surface area contributed by atoms with E-state index in [9.17, 15) is 9.18 Å². The molecule has 0 aliphatic rings. The highest BCUT2D eigenvalue weighted by Crippen LogP contribution is 2.32. The number of hydrogen-bond donors (Lipinski definition) is 1. The van der Waals surface area contributed by atoms with Crippen molar-refractivity contribution in [2.75, 3.05) is 6.61 Å². The summed E-state index contributed by atoms with van der Waals surface area (Å²) in [6.45, 7) is 1.57. The van der Waals surface area contributed by atoms with Gasteiger partial charge in [0.1, 0.15) is 23.4 Å². The Labute approximate surface area is 175 Å². The highest BCUT2D eigenvalue weighted by atomic mass is 79.9. The number of amides is 1. The van der Waals surface area contributed by atoms with E-state index in [1.165, 1.54) is 6.07 Å². The number of aryl methyl sites for hydroxylation is 2. The van der Waals surface area contributed by atoms with Crippen molar-refractivity contribution in [1.82, 2.24) is 14.9 Å². The first-order chi connectivity index (χ1) is 13.4. The molecule has 1 heterocycles. The number of hydrogen-bond acceptors (Lipinski definition) is 3. The lowest BCUT2D eigenvalue weighted by Crippen LogP contribution is -2.35. The third kappa shape index (κ3) is 4.54. The number of nitrogens with one attached hydrogen (secondary N) is 1. The maximum absolute atomic E-state index is 14.4. The van der Waals surface area contributed by atoms with Crippen LogP contribution >= 0.6 is 27.5 Å². The molecule has 28 heavy (non-hydrogen) atoms. The second-order valence-electron chi connectivity index (χ2n) is 6.24. The number of halogens is 3. The van der Waals surface area contributed by atoms with Gasteiger partial charge in [-0.25, -0.2) is 9.37 Å². The molecule has 0 aliphatic heterocycles. The summed E-state index contributed by atoms with van der Waals surface area (Å²) in [6, 6.07) is 9.05. The first-order valence-electron chi connectivity index (χ1n) is 8.46. The third-order valence-electron chi connectivity index (χ3n) is 4.18. The SMILES string of the molecule is Cc1cc(Br)cc(Cl)c1OCC(=O)NC(c1ccccc1F)c1nccn1C. The lowest BCUT2D eigenvalue weighted by molar-refractivity contribution is -0.123. The maximum atomic E-state index is 14.4. The van der Waals surface area contributed by atoms with Crippen LogP contribution in [0.15, 0.2) is 53.3 Å². The summed E-state index contributed by atoms with van der Waals surface area (Å²) in [5.41, 5.74) is 1.12. The Morgan fingerprint density at radius 2 is 2.14 bits per heavy atom. The molecule has 2 aromatic carbocycles. The molecular weight excluding hydrogens is 449 g/mol. The Bertz CT molecular complexity index is 986. The van der Waals surface area contributed by atoms with Crippen LogP contribution in [0.1, 0.15) is 23.0 Å². The number of ether oxygens (including phenoxy) is 1. The fourth-order valence-corrected chi connectivity index (χ4v) is 3.88. The molecule has 3 rings (SSSR count). The predicted molar refractivity (Wildman–Crippen MR) is 109 cm³/mol. The van der Waals surface area contributed by atoms with E-state index in [0.717, 1.165) is 10.0 Å². The molecule has 0 bridgehead atoms. The van der Waals surface area contributed by atoms with E-state index in [2.05, 4.69) is 26.2 Å². The first kappa shape index (κ1) is 20.4. The minimum Gasteiger partial charge on any atom is -0.482 e. The monoisotopic (exact) mass is 465 g/mol. The highest BCUT2D eigenvalue weighted by Gasteiger charge is 2.24. The number of carbonyl (C=O) groups is 1. The third-order valence-corrected chi connectivity index (χ3v) is 4.92. The van der Waals surface area contributed by atoms with Gasteiger partial charge in [-0.05, 0) is 30.7 Å². The molecule has 0 saturated carbocycles. The van der Waals surface area contributed by atoms with Crippen molar-refractivity contribution < 1.29 is 13.9 Å². The van der Waals surface area contributed by atoms with E-state index < -0.39 is 17.8 Å². The van der Waals surface area contributed by atoms with Crippen molar-refractivity contribution in [1.29, 1.82) is 0 Å². The first-order valence-corrected chi connectivity index (χ1v) is 9.63. The zero-order chi connectivity index (χ0) is 20.3. The fourth-order valence-electron chi connectivity index (χ4n) is 2.86. The Kier molecular flexibility index (Phi) is 6.36. The van der Waals surface area contributed by atoms with Gasteiger partial charge in [0.25, 0.3) is 5.91 Å². The van der Waals surface area contributed by atoms with Gasteiger partial charge in [0.2, 0.25) is 0 Å². The van der Waals surface area contributed by atoms with Crippen LogP contribution in [-0.4, -0.2) is 22.1 Å². The van der Waals surface area contributed by atoms with Gasteiger partial charge in [0, 0.05) is 29.5 Å². The molecule has 0 spiro atoms. The molecule has 1 atom stereocenters. The van der Waals surface area contributed by atoms with Crippen LogP contribution < -0.4 is 10.1 Å². The van der Waals surface area contributed by atoms with E-state index in [4.69, 9.17) is 16.3 Å². The highest BCUT2D eigenvalue weighted by molar-refractivity contribution is 9.10. The molecule has 1 unspecified atom stereocenters. The maximum Gasteiger partial charge on any atom is 0.258 e. The van der Waals surface area contributed by atoms with Crippen LogP contribution in [-0.2, 0) is 11.8 Å². The van der Waals surface area contributed by atoms with Crippen LogP contribution in [0.4, 0.5) is 4.39 Å². The molecule has 0 aliphatic carbocycles. The molecule has 8 heteroatoms. The van der Waals surface area contributed by atoms with E-state index in [-0.39, 0.29) is 6.61 Å². The van der Waals surface area contributed by atoms with E-state index in [1.54, 1.807) is 48.3 Å².